The van der Waals surface area contributed by atoms with E-state index in [0.717, 1.165) is 0 Å². The molecule has 0 aromatic heterocycles. The lowest BCUT2D eigenvalue weighted by molar-refractivity contribution is 0.406. The number of phenolic OH excluding ortho intramolecular Hbond substituents is 1. The average Bonchev–Trinajstić information content (AvgIpc) is 2.51. The zero-order valence-electron chi connectivity index (χ0n) is 12.0. The van der Waals surface area contributed by atoms with Crippen molar-refractivity contribution in [3.63, 3.8) is 0 Å². The second-order valence-corrected chi connectivity index (χ2v) is 6.90. The zero-order chi connectivity index (χ0) is 17.0. The van der Waals surface area contributed by atoms with Gasteiger partial charge in [0.2, 0.25) is 0 Å². The summed E-state index contributed by atoms with van der Waals surface area (Å²) in [5.74, 6) is -0.160. The number of hydrogen-bond acceptors (Lipinski definition) is 6. The van der Waals surface area contributed by atoms with Crippen molar-refractivity contribution in [1.29, 1.82) is 5.26 Å². The first-order chi connectivity index (χ1) is 10.8. The normalized spacial score (nSPS) is 10.8. The molecular weight excluding hydrogens is 386 g/mol. The van der Waals surface area contributed by atoms with E-state index in [1.165, 1.54) is 43.5 Å². The highest BCUT2D eigenvalue weighted by Gasteiger charge is 2.19. The van der Waals surface area contributed by atoms with Crippen LogP contribution < -0.4 is 8.92 Å². The molecule has 120 valence electrons. The summed E-state index contributed by atoms with van der Waals surface area (Å²) >= 11 is 3.14. The van der Waals surface area contributed by atoms with Gasteiger partial charge in [0.25, 0.3) is 0 Å². The maximum atomic E-state index is 12.2. The molecule has 0 radical (unpaired) electrons. The third-order valence-corrected chi connectivity index (χ3v) is 4.90. The predicted molar refractivity (Wildman–Crippen MR) is 86.8 cm³/mol. The van der Waals surface area contributed by atoms with E-state index in [0.29, 0.717) is 16.9 Å². The van der Waals surface area contributed by atoms with E-state index in [-0.39, 0.29) is 16.0 Å². The summed E-state index contributed by atoms with van der Waals surface area (Å²) in [6, 6.07) is 10.5. The minimum Gasteiger partial charge on any atom is -0.507 e. The van der Waals surface area contributed by atoms with Gasteiger partial charge in [-0.2, -0.15) is 13.7 Å². The molecule has 8 heteroatoms. The molecule has 0 heterocycles. The highest BCUT2D eigenvalue weighted by molar-refractivity contribution is 9.10. The first-order valence-electron chi connectivity index (χ1n) is 6.32. The van der Waals surface area contributed by atoms with Gasteiger partial charge in [0.05, 0.1) is 23.2 Å². The van der Waals surface area contributed by atoms with Gasteiger partial charge in [-0.1, -0.05) is 0 Å². The molecule has 2 aromatic rings. The van der Waals surface area contributed by atoms with Crippen LogP contribution in [-0.2, 0) is 15.9 Å². The van der Waals surface area contributed by atoms with Crippen molar-refractivity contribution in [1.82, 2.24) is 0 Å². The van der Waals surface area contributed by atoms with Crippen LogP contribution >= 0.6 is 15.9 Å². The molecule has 0 amide bonds. The fourth-order valence-electron chi connectivity index (χ4n) is 1.81. The van der Waals surface area contributed by atoms with Crippen molar-refractivity contribution >= 4 is 26.0 Å². The molecule has 0 saturated heterocycles. The van der Waals surface area contributed by atoms with Crippen LogP contribution in [0.25, 0.3) is 0 Å². The van der Waals surface area contributed by atoms with Crippen LogP contribution in [0.2, 0.25) is 0 Å². The summed E-state index contributed by atoms with van der Waals surface area (Å²) in [7, 11) is -2.54. The second-order valence-electron chi connectivity index (χ2n) is 4.54. The van der Waals surface area contributed by atoms with Gasteiger partial charge < -0.3 is 14.0 Å². The molecule has 23 heavy (non-hydrogen) atoms. The Kier molecular flexibility index (Phi) is 5.13. The summed E-state index contributed by atoms with van der Waals surface area (Å²) in [5, 5.41) is 18.5. The van der Waals surface area contributed by atoms with Crippen molar-refractivity contribution in [2.24, 2.45) is 0 Å². The number of nitriles is 1. The lowest BCUT2D eigenvalue weighted by atomic mass is 10.2. The van der Waals surface area contributed by atoms with Crippen molar-refractivity contribution < 1.29 is 22.4 Å². The molecule has 0 aliphatic carbocycles. The standard InChI is InChI=1S/C15H12BrNO5S/c1-21-13-6-11(15(16)14(18)7-13)9-23(19,20)22-12-4-2-10(8-17)3-5-12/h2-7,18H,9H2,1H3. The fourth-order valence-corrected chi connectivity index (χ4v) is 3.44. The molecule has 0 saturated carbocycles. The van der Waals surface area contributed by atoms with E-state index >= 15 is 0 Å². The van der Waals surface area contributed by atoms with Gasteiger partial charge in [-0.05, 0) is 51.8 Å². The summed E-state index contributed by atoms with van der Waals surface area (Å²) in [6.45, 7) is 0. The highest BCUT2D eigenvalue weighted by Crippen LogP contribution is 2.33. The number of nitrogens with zero attached hydrogens (tertiary/aromatic N) is 1. The number of halogens is 1. The molecule has 0 bridgehead atoms. The summed E-state index contributed by atoms with van der Waals surface area (Å²) in [6.07, 6.45) is 0. The van der Waals surface area contributed by atoms with Crippen molar-refractivity contribution in [2.45, 2.75) is 5.75 Å². The quantitative estimate of drug-likeness (QED) is 0.778. The topological polar surface area (TPSA) is 96.6 Å². The molecule has 0 spiro atoms. The number of benzene rings is 2. The molecule has 2 aromatic carbocycles. The lowest BCUT2D eigenvalue weighted by Gasteiger charge is -2.11. The van der Waals surface area contributed by atoms with Crippen LogP contribution in [-0.4, -0.2) is 20.6 Å². The van der Waals surface area contributed by atoms with Crippen LogP contribution in [0.5, 0.6) is 17.2 Å². The van der Waals surface area contributed by atoms with Crippen molar-refractivity contribution in [3.8, 4) is 23.3 Å². The van der Waals surface area contributed by atoms with Gasteiger partial charge in [-0.15, -0.1) is 0 Å². The molecule has 6 nitrogen and oxygen atoms in total. The molecule has 0 unspecified atom stereocenters. The second kappa shape index (κ2) is 6.89. The van der Waals surface area contributed by atoms with Crippen LogP contribution in [0.15, 0.2) is 40.9 Å². The molecule has 1 N–H and O–H groups in total. The molecular formula is C15H12BrNO5S. The Morgan fingerprint density at radius 2 is 1.87 bits per heavy atom. The van der Waals surface area contributed by atoms with E-state index in [4.69, 9.17) is 14.2 Å². The Balaban J connectivity index is 2.24. The van der Waals surface area contributed by atoms with Crippen LogP contribution in [0, 0.1) is 11.3 Å². The van der Waals surface area contributed by atoms with Gasteiger partial charge in [0.15, 0.2) is 0 Å². The van der Waals surface area contributed by atoms with E-state index in [2.05, 4.69) is 15.9 Å². The number of ether oxygens (including phenoxy) is 1. The maximum absolute atomic E-state index is 12.2. The number of phenols is 1. The van der Waals surface area contributed by atoms with E-state index in [1.807, 2.05) is 6.07 Å². The van der Waals surface area contributed by atoms with E-state index in [9.17, 15) is 13.5 Å². The van der Waals surface area contributed by atoms with Crippen molar-refractivity contribution in [3.05, 3.63) is 52.0 Å². The monoisotopic (exact) mass is 397 g/mol. The van der Waals surface area contributed by atoms with Gasteiger partial charge in [-0.3, -0.25) is 0 Å². The predicted octanol–water partition coefficient (Wildman–Crippen LogP) is 2.94. The first-order valence-corrected chi connectivity index (χ1v) is 8.69. The number of rotatable bonds is 5. The smallest absolute Gasteiger partial charge is 0.313 e. The lowest BCUT2D eigenvalue weighted by Crippen LogP contribution is -2.12. The highest BCUT2D eigenvalue weighted by atomic mass is 79.9. The van der Waals surface area contributed by atoms with Gasteiger partial charge in [-0.25, -0.2) is 0 Å². The molecule has 0 fully saturated rings. The summed E-state index contributed by atoms with van der Waals surface area (Å²) in [4.78, 5) is 0. The number of methoxy groups -OCH3 is 1. The molecule has 0 aliphatic heterocycles. The third-order valence-electron chi connectivity index (χ3n) is 2.88. The van der Waals surface area contributed by atoms with Gasteiger partial charge in [0.1, 0.15) is 23.0 Å². The Morgan fingerprint density at radius 1 is 1.22 bits per heavy atom. The maximum Gasteiger partial charge on any atom is 0.313 e. The largest absolute Gasteiger partial charge is 0.507 e. The van der Waals surface area contributed by atoms with Crippen LogP contribution in [0.4, 0.5) is 0 Å². The summed E-state index contributed by atoms with van der Waals surface area (Å²) < 4.78 is 34.6. The zero-order valence-corrected chi connectivity index (χ0v) is 14.4. The minimum absolute atomic E-state index is 0.104. The minimum atomic E-state index is -3.95. The Bertz CT molecular complexity index is 857. The van der Waals surface area contributed by atoms with Crippen LogP contribution in [0.1, 0.15) is 11.1 Å². The average molecular weight is 398 g/mol. The Labute approximate surface area is 142 Å². The van der Waals surface area contributed by atoms with E-state index in [1.54, 1.807) is 0 Å². The van der Waals surface area contributed by atoms with Gasteiger partial charge in [0, 0.05) is 6.07 Å². The van der Waals surface area contributed by atoms with Crippen molar-refractivity contribution in [2.75, 3.05) is 7.11 Å². The number of hydrogen-bond donors (Lipinski definition) is 1. The Hall–Kier alpha value is -2.24. The van der Waals surface area contributed by atoms with E-state index < -0.39 is 15.9 Å². The van der Waals surface area contributed by atoms with Crippen LogP contribution in [0.3, 0.4) is 0 Å². The summed E-state index contributed by atoms with van der Waals surface area (Å²) in [5.41, 5.74) is 0.700. The fraction of sp³-hybridized carbons (Fsp3) is 0.133. The molecule has 0 aliphatic rings. The third kappa shape index (κ3) is 4.37. The van der Waals surface area contributed by atoms with Gasteiger partial charge >= 0.3 is 10.1 Å². The number of aromatic hydroxyl groups is 1. The Morgan fingerprint density at radius 3 is 2.43 bits per heavy atom. The molecule has 2 rings (SSSR count). The first kappa shape index (κ1) is 17.1. The SMILES string of the molecule is COc1cc(O)c(Br)c(CS(=O)(=O)Oc2ccc(C#N)cc2)c1. The molecule has 0 atom stereocenters.